The van der Waals surface area contributed by atoms with Gasteiger partial charge in [-0.1, -0.05) is 16.4 Å². The molecular formula is C16H23CoN6O4-3. The molecule has 0 aliphatic heterocycles. The van der Waals surface area contributed by atoms with Crippen LogP contribution in [-0.2, 0) is 16.8 Å². The van der Waals surface area contributed by atoms with Crippen LogP contribution in [0.2, 0.25) is 0 Å². The molecule has 1 radical (unpaired) electrons. The van der Waals surface area contributed by atoms with Crippen LogP contribution in [-0.4, -0.2) is 38.2 Å². The smallest absolute Gasteiger partial charge is 0.0967 e. The SMILES string of the molecule is CC(=N\[O-])/C(C)=N/O.CC(=N\[O-])/C(C)=N/O.C[CH-]C#N.[Co].c1ccncc1. The Morgan fingerprint density at radius 1 is 0.889 bits per heavy atom. The Labute approximate surface area is 169 Å². The number of pyridine rings is 1. The maximum absolute atomic E-state index is 9.63. The first-order valence-electron chi connectivity index (χ1n) is 7.10. The van der Waals surface area contributed by atoms with Gasteiger partial charge in [0, 0.05) is 29.2 Å². The van der Waals surface area contributed by atoms with Gasteiger partial charge in [0.25, 0.3) is 0 Å². The molecule has 0 aliphatic carbocycles. The van der Waals surface area contributed by atoms with Crippen LogP contribution in [0.4, 0.5) is 0 Å². The summed E-state index contributed by atoms with van der Waals surface area (Å²) in [6, 6.07) is 7.52. The van der Waals surface area contributed by atoms with Gasteiger partial charge in [-0.2, -0.15) is 6.92 Å². The Morgan fingerprint density at radius 2 is 1.22 bits per heavy atom. The molecule has 2 N–H and O–H groups in total. The van der Waals surface area contributed by atoms with E-state index in [1.54, 1.807) is 25.4 Å². The summed E-state index contributed by atoms with van der Waals surface area (Å²) in [7, 11) is 0. The molecule has 0 fully saturated rings. The van der Waals surface area contributed by atoms with E-state index in [0.717, 1.165) is 0 Å². The average Bonchev–Trinajstić information content (AvgIpc) is 2.73. The molecule has 0 aromatic carbocycles. The van der Waals surface area contributed by atoms with Crippen molar-refractivity contribution in [3.8, 4) is 6.07 Å². The van der Waals surface area contributed by atoms with Gasteiger partial charge in [-0.25, -0.2) is 5.26 Å². The predicted molar refractivity (Wildman–Crippen MR) is 103 cm³/mol. The van der Waals surface area contributed by atoms with Crippen molar-refractivity contribution in [1.29, 1.82) is 5.26 Å². The Balaban J connectivity index is -0.000000133. The summed E-state index contributed by atoms with van der Waals surface area (Å²) in [4.78, 5) is 3.78. The van der Waals surface area contributed by atoms with Gasteiger partial charge in [-0.3, -0.25) is 11.4 Å². The molecule has 0 aliphatic rings. The summed E-state index contributed by atoms with van der Waals surface area (Å²) in [6.07, 6.45) is 4.93. The van der Waals surface area contributed by atoms with E-state index >= 15 is 0 Å². The second-order valence-corrected chi connectivity index (χ2v) is 4.17. The van der Waals surface area contributed by atoms with Gasteiger partial charge >= 0.3 is 0 Å². The molecule has 153 valence electrons. The standard InChI is InChI=1S/C5H5N.2C4H8N2O2.C3H4N.Co/c1-2-4-6-5-3-1;2*1-3(5-7)4(2)6-8;1-2-3-4;/h1-5H;2*7-8H,1-2H3;2H,1H3;/q;;;-1;/p-2/b;2*5-3+,6-4+;;. The van der Waals surface area contributed by atoms with Crippen molar-refractivity contribution in [3.63, 3.8) is 0 Å². The fourth-order valence-electron chi connectivity index (χ4n) is 0.589. The number of oxime groups is 2. The summed E-state index contributed by atoms with van der Waals surface area (Å²) in [5.74, 6) is 0. The van der Waals surface area contributed by atoms with E-state index < -0.39 is 0 Å². The first-order chi connectivity index (χ1) is 12.4. The van der Waals surface area contributed by atoms with Crippen LogP contribution in [0.15, 0.2) is 51.2 Å². The third-order valence-corrected chi connectivity index (χ3v) is 2.32. The zero-order chi connectivity index (χ0) is 20.8. The van der Waals surface area contributed by atoms with E-state index in [1.165, 1.54) is 34.1 Å². The fraction of sp³-hybridized carbons (Fsp3) is 0.312. The third-order valence-electron chi connectivity index (χ3n) is 2.32. The topological polar surface area (TPSA) is 173 Å². The van der Waals surface area contributed by atoms with Crippen LogP contribution in [0.5, 0.6) is 0 Å². The molecule has 0 unspecified atom stereocenters. The normalized spacial score (nSPS) is 10.8. The first-order valence-corrected chi connectivity index (χ1v) is 7.10. The van der Waals surface area contributed by atoms with Crippen molar-refractivity contribution < 1.29 is 27.2 Å². The maximum atomic E-state index is 9.63. The zero-order valence-corrected chi connectivity index (χ0v) is 16.7. The second kappa shape index (κ2) is 25.1. The first kappa shape index (κ1) is 31.6. The van der Waals surface area contributed by atoms with Crippen LogP contribution < -0.4 is 0 Å². The van der Waals surface area contributed by atoms with E-state index in [-0.39, 0.29) is 39.6 Å². The Bertz CT molecular complexity index is 522. The molecule has 1 aromatic heterocycles. The van der Waals surface area contributed by atoms with Crippen molar-refractivity contribution in [3.05, 3.63) is 47.4 Å². The zero-order valence-electron chi connectivity index (χ0n) is 15.7. The van der Waals surface area contributed by atoms with Gasteiger partial charge in [-0.05, 0) is 39.8 Å². The van der Waals surface area contributed by atoms with Gasteiger partial charge in [0.1, 0.15) is 0 Å². The van der Waals surface area contributed by atoms with E-state index in [9.17, 15) is 10.4 Å². The Hall–Kier alpha value is -3.10. The molecule has 10 nitrogen and oxygen atoms in total. The van der Waals surface area contributed by atoms with Crippen molar-refractivity contribution >= 4 is 22.8 Å². The van der Waals surface area contributed by atoms with Crippen molar-refractivity contribution in [2.24, 2.45) is 20.6 Å². The van der Waals surface area contributed by atoms with Crippen LogP contribution in [0, 0.1) is 28.2 Å². The van der Waals surface area contributed by atoms with Crippen LogP contribution in [0.25, 0.3) is 0 Å². The molecule has 0 bridgehead atoms. The minimum Gasteiger partial charge on any atom is -0.792 e. The Kier molecular flexibility index (Phi) is 29.5. The predicted octanol–water partition coefficient (Wildman–Crippen LogP) is 3.40. The minimum absolute atomic E-state index is 0. The third kappa shape index (κ3) is 25.3. The summed E-state index contributed by atoms with van der Waals surface area (Å²) < 4.78 is 0. The van der Waals surface area contributed by atoms with Gasteiger partial charge in [0.2, 0.25) is 0 Å². The molecule has 0 saturated heterocycles. The maximum Gasteiger partial charge on any atom is 0.0967 e. The molecule has 1 heterocycles. The molecule has 0 amide bonds. The van der Waals surface area contributed by atoms with Crippen molar-refractivity contribution in [2.75, 3.05) is 0 Å². The van der Waals surface area contributed by atoms with Gasteiger partial charge in [0.15, 0.2) is 0 Å². The minimum atomic E-state index is 0. The molecule has 1 rings (SSSR count). The molecule has 27 heavy (non-hydrogen) atoms. The fourth-order valence-corrected chi connectivity index (χ4v) is 0.589. The summed E-state index contributed by atoms with van der Waals surface area (Å²) in [6.45, 7) is 7.64. The molecule has 0 atom stereocenters. The van der Waals surface area contributed by atoms with E-state index in [2.05, 4.69) is 25.6 Å². The monoisotopic (exact) mass is 422 g/mol. The molecule has 0 saturated carbocycles. The quantitative estimate of drug-likeness (QED) is 0.320. The van der Waals surface area contributed by atoms with Crippen LogP contribution in [0.1, 0.15) is 34.6 Å². The molecule has 0 spiro atoms. The number of nitriles is 1. The van der Waals surface area contributed by atoms with E-state index in [1.807, 2.05) is 18.2 Å². The average molecular weight is 422 g/mol. The van der Waals surface area contributed by atoms with Crippen molar-refractivity contribution in [1.82, 2.24) is 4.98 Å². The molecule has 1 aromatic rings. The van der Waals surface area contributed by atoms with Crippen LogP contribution >= 0.6 is 0 Å². The second-order valence-electron chi connectivity index (χ2n) is 4.17. The van der Waals surface area contributed by atoms with Gasteiger partial charge in [0.05, 0.1) is 22.8 Å². The van der Waals surface area contributed by atoms with E-state index in [4.69, 9.17) is 15.7 Å². The number of nitrogens with zero attached hydrogens (tertiary/aromatic N) is 6. The van der Waals surface area contributed by atoms with Gasteiger partial charge < -0.3 is 31.1 Å². The molecular weight excluding hydrogens is 399 g/mol. The van der Waals surface area contributed by atoms with Gasteiger partial charge in [-0.15, -0.1) is 6.07 Å². The number of hydrogen-bond acceptors (Lipinski definition) is 10. The largest absolute Gasteiger partial charge is 0.792 e. The summed E-state index contributed by atoms with van der Waals surface area (Å²) in [5, 5.41) is 53.4. The number of aromatic nitrogens is 1. The molecule has 11 heteroatoms. The number of hydrogen-bond donors (Lipinski definition) is 2. The van der Waals surface area contributed by atoms with Crippen LogP contribution in [0.3, 0.4) is 0 Å². The summed E-state index contributed by atoms with van der Waals surface area (Å²) >= 11 is 0. The summed E-state index contributed by atoms with van der Waals surface area (Å²) in [5.41, 5.74) is 0.903. The van der Waals surface area contributed by atoms with E-state index in [0.29, 0.717) is 0 Å². The number of rotatable bonds is 2. The Morgan fingerprint density at radius 3 is 1.30 bits per heavy atom. The van der Waals surface area contributed by atoms with Crippen molar-refractivity contribution in [2.45, 2.75) is 34.6 Å².